The Labute approximate surface area is 130 Å². The maximum absolute atomic E-state index is 12.6. The van der Waals surface area contributed by atoms with Crippen molar-refractivity contribution in [1.82, 2.24) is 20.0 Å². The molecule has 0 saturated carbocycles. The molecule has 2 heterocycles. The number of carbonyl (C=O) groups excluding carboxylic acids is 1. The molecule has 0 atom stereocenters. The number of rotatable bonds is 3. The monoisotopic (exact) mass is 298 g/mol. The Morgan fingerprint density at radius 3 is 2.55 bits per heavy atom. The fourth-order valence-electron chi connectivity index (χ4n) is 2.87. The minimum atomic E-state index is 0.0927. The van der Waals surface area contributed by atoms with Gasteiger partial charge >= 0.3 is 0 Å². The van der Waals surface area contributed by atoms with E-state index in [0.29, 0.717) is 6.04 Å². The van der Waals surface area contributed by atoms with Crippen molar-refractivity contribution in [2.24, 2.45) is 0 Å². The van der Waals surface area contributed by atoms with Crippen molar-refractivity contribution in [2.75, 3.05) is 20.1 Å². The molecule has 2 aromatic rings. The van der Waals surface area contributed by atoms with Gasteiger partial charge in [0.25, 0.3) is 5.91 Å². The standard InChI is InChI=1S/C17H22N4O/c1-13-11-19-21(12-13)16-5-3-14(4-6-16)17(22)20(2)15-7-9-18-10-8-15/h3-6,11-12,15,18H,7-10H2,1-2H3. The Balaban J connectivity index is 1.73. The van der Waals surface area contributed by atoms with Gasteiger partial charge < -0.3 is 10.2 Å². The molecule has 116 valence electrons. The molecule has 5 heteroatoms. The lowest BCUT2D eigenvalue weighted by atomic mass is 10.0. The summed E-state index contributed by atoms with van der Waals surface area (Å²) < 4.78 is 1.82. The van der Waals surface area contributed by atoms with Crippen molar-refractivity contribution in [3.8, 4) is 5.69 Å². The minimum absolute atomic E-state index is 0.0927. The van der Waals surface area contributed by atoms with E-state index in [1.54, 1.807) is 0 Å². The predicted molar refractivity (Wildman–Crippen MR) is 86.3 cm³/mol. The number of hydrogen-bond acceptors (Lipinski definition) is 3. The van der Waals surface area contributed by atoms with Crippen molar-refractivity contribution in [3.63, 3.8) is 0 Å². The summed E-state index contributed by atoms with van der Waals surface area (Å²) in [4.78, 5) is 14.5. The van der Waals surface area contributed by atoms with Gasteiger partial charge in [-0.3, -0.25) is 4.79 Å². The second-order valence-electron chi connectivity index (χ2n) is 5.91. The second-order valence-corrected chi connectivity index (χ2v) is 5.91. The highest BCUT2D eigenvalue weighted by atomic mass is 16.2. The largest absolute Gasteiger partial charge is 0.339 e. The van der Waals surface area contributed by atoms with Crippen LogP contribution in [0.1, 0.15) is 28.8 Å². The first-order valence-electron chi connectivity index (χ1n) is 7.75. The zero-order chi connectivity index (χ0) is 15.5. The third kappa shape index (κ3) is 3.04. The Morgan fingerprint density at radius 1 is 1.27 bits per heavy atom. The number of nitrogens with zero attached hydrogens (tertiary/aromatic N) is 3. The van der Waals surface area contributed by atoms with E-state index in [-0.39, 0.29) is 5.91 Å². The average molecular weight is 298 g/mol. The maximum atomic E-state index is 12.6. The van der Waals surface area contributed by atoms with Crippen molar-refractivity contribution in [2.45, 2.75) is 25.8 Å². The highest BCUT2D eigenvalue weighted by Crippen LogP contribution is 2.15. The van der Waals surface area contributed by atoms with Crippen LogP contribution in [-0.4, -0.2) is 46.8 Å². The van der Waals surface area contributed by atoms with Crippen molar-refractivity contribution >= 4 is 5.91 Å². The van der Waals surface area contributed by atoms with E-state index in [0.717, 1.165) is 42.7 Å². The summed E-state index contributed by atoms with van der Waals surface area (Å²) in [7, 11) is 1.91. The summed E-state index contributed by atoms with van der Waals surface area (Å²) in [5, 5.41) is 7.61. The number of nitrogens with one attached hydrogen (secondary N) is 1. The molecule has 0 aliphatic carbocycles. The summed E-state index contributed by atoms with van der Waals surface area (Å²) in [5.74, 6) is 0.0927. The fourth-order valence-corrected chi connectivity index (χ4v) is 2.87. The van der Waals surface area contributed by atoms with Crippen LogP contribution in [0.3, 0.4) is 0 Å². The SMILES string of the molecule is Cc1cnn(-c2ccc(C(=O)N(C)C3CCNCC3)cc2)c1. The summed E-state index contributed by atoms with van der Waals surface area (Å²) in [6.45, 7) is 3.98. The van der Waals surface area contributed by atoms with E-state index in [9.17, 15) is 4.79 Å². The molecule has 0 bridgehead atoms. The minimum Gasteiger partial charge on any atom is -0.339 e. The third-order valence-electron chi connectivity index (χ3n) is 4.27. The highest BCUT2D eigenvalue weighted by molar-refractivity contribution is 5.94. The van der Waals surface area contributed by atoms with Gasteiger partial charge in [0.05, 0.1) is 11.9 Å². The van der Waals surface area contributed by atoms with Crippen LogP contribution in [0, 0.1) is 6.92 Å². The van der Waals surface area contributed by atoms with Gasteiger partial charge in [-0.2, -0.15) is 5.10 Å². The average Bonchev–Trinajstić information content (AvgIpc) is 3.01. The van der Waals surface area contributed by atoms with Gasteiger partial charge in [-0.1, -0.05) is 0 Å². The van der Waals surface area contributed by atoms with Crippen LogP contribution in [0.15, 0.2) is 36.7 Å². The predicted octanol–water partition coefficient (Wildman–Crippen LogP) is 2.00. The molecule has 5 nitrogen and oxygen atoms in total. The number of aryl methyl sites for hydroxylation is 1. The highest BCUT2D eigenvalue weighted by Gasteiger charge is 2.22. The van der Waals surface area contributed by atoms with Crippen molar-refractivity contribution < 1.29 is 4.79 Å². The van der Waals surface area contributed by atoms with Gasteiger partial charge in [-0.15, -0.1) is 0 Å². The first-order valence-corrected chi connectivity index (χ1v) is 7.75. The molecule has 0 radical (unpaired) electrons. The maximum Gasteiger partial charge on any atom is 0.253 e. The van der Waals surface area contributed by atoms with Crippen LogP contribution in [0.25, 0.3) is 5.69 Å². The smallest absolute Gasteiger partial charge is 0.253 e. The molecule has 0 unspecified atom stereocenters. The molecule has 1 aromatic carbocycles. The Hall–Kier alpha value is -2.14. The molecule has 1 amide bonds. The Morgan fingerprint density at radius 2 is 1.95 bits per heavy atom. The summed E-state index contributed by atoms with van der Waals surface area (Å²) in [6, 6.07) is 7.98. The number of carbonyl (C=O) groups is 1. The molecule has 22 heavy (non-hydrogen) atoms. The molecular formula is C17H22N4O. The summed E-state index contributed by atoms with van der Waals surface area (Å²) >= 11 is 0. The number of hydrogen-bond donors (Lipinski definition) is 1. The number of benzene rings is 1. The van der Waals surface area contributed by atoms with Gasteiger partial charge in [-0.05, 0) is 62.7 Å². The number of aromatic nitrogens is 2. The van der Waals surface area contributed by atoms with Crippen LogP contribution in [0.2, 0.25) is 0 Å². The lowest BCUT2D eigenvalue weighted by molar-refractivity contribution is 0.0703. The molecule has 1 aliphatic rings. The van der Waals surface area contributed by atoms with Gasteiger partial charge in [-0.25, -0.2) is 4.68 Å². The molecule has 1 saturated heterocycles. The molecular weight excluding hydrogens is 276 g/mol. The van der Waals surface area contributed by atoms with Crippen molar-refractivity contribution in [3.05, 3.63) is 47.8 Å². The molecule has 1 fully saturated rings. The van der Waals surface area contributed by atoms with Gasteiger partial charge in [0.1, 0.15) is 0 Å². The van der Waals surface area contributed by atoms with Crippen LogP contribution in [0.4, 0.5) is 0 Å². The van der Waals surface area contributed by atoms with Gasteiger partial charge in [0.15, 0.2) is 0 Å². The van der Waals surface area contributed by atoms with Crippen LogP contribution in [0.5, 0.6) is 0 Å². The van der Waals surface area contributed by atoms with E-state index in [4.69, 9.17) is 0 Å². The third-order valence-corrected chi connectivity index (χ3v) is 4.27. The molecule has 1 aliphatic heterocycles. The lowest BCUT2D eigenvalue weighted by Crippen LogP contribution is -2.43. The topological polar surface area (TPSA) is 50.2 Å². The van der Waals surface area contributed by atoms with Crippen LogP contribution >= 0.6 is 0 Å². The summed E-state index contributed by atoms with van der Waals surface area (Å²) in [5.41, 5.74) is 2.81. The number of piperidine rings is 1. The first-order chi connectivity index (χ1) is 10.6. The summed E-state index contributed by atoms with van der Waals surface area (Å²) in [6.07, 6.45) is 5.84. The second kappa shape index (κ2) is 6.32. The van der Waals surface area contributed by atoms with Gasteiger partial charge in [0.2, 0.25) is 0 Å². The lowest BCUT2D eigenvalue weighted by Gasteiger charge is -2.31. The van der Waals surface area contributed by atoms with Gasteiger partial charge in [0, 0.05) is 24.8 Å². The van der Waals surface area contributed by atoms with Crippen LogP contribution < -0.4 is 5.32 Å². The van der Waals surface area contributed by atoms with E-state index >= 15 is 0 Å². The first kappa shape index (κ1) is 14.8. The number of amides is 1. The fraction of sp³-hybridized carbons (Fsp3) is 0.412. The zero-order valence-electron chi connectivity index (χ0n) is 13.1. The van der Waals surface area contributed by atoms with E-state index in [1.807, 2.05) is 60.2 Å². The van der Waals surface area contributed by atoms with E-state index < -0.39 is 0 Å². The normalized spacial score (nSPS) is 15.7. The Bertz CT molecular complexity index is 641. The van der Waals surface area contributed by atoms with E-state index in [1.165, 1.54) is 0 Å². The van der Waals surface area contributed by atoms with Crippen molar-refractivity contribution in [1.29, 1.82) is 0 Å². The molecule has 3 rings (SSSR count). The molecule has 1 N–H and O–H groups in total. The molecule has 0 spiro atoms. The Kier molecular flexibility index (Phi) is 4.24. The molecule has 1 aromatic heterocycles. The van der Waals surface area contributed by atoms with E-state index in [2.05, 4.69) is 10.4 Å². The zero-order valence-corrected chi connectivity index (χ0v) is 13.1. The van der Waals surface area contributed by atoms with Crippen LogP contribution in [-0.2, 0) is 0 Å². The quantitative estimate of drug-likeness (QED) is 0.943.